The van der Waals surface area contributed by atoms with E-state index in [0.29, 0.717) is 17.6 Å². The first kappa shape index (κ1) is 15.7. The Bertz CT molecular complexity index is 523. The predicted molar refractivity (Wildman–Crippen MR) is 80.2 cm³/mol. The van der Waals surface area contributed by atoms with E-state index < -0.39 is 10.0 Å². The number of nitrogens with one attached hydrogen (secondary N) is 1. The summed E-state index contributed by atoms with van der Waals surface area (Å²) in [6.45, 7) is 2.77. The summed E-state index contributed by atoms with van der Waals surface area (Å²) in [6, 6.07) is 2.96. The fourth-order valence-corrected chi connectivity index (χ4v) is 3.72. The van der Waals surface area contributed by atoms with Crippen molar-refractivity contribution < 1.29 is 8.42 Å². The van der Waals surface area contributed by atoms with Gasteiger partial charge in [-0.2, -0.15) is 0 Å². The van der Waals surface area contributed by atoms with Crippen molar-refractivity contribution >= 4 is 21.6 Å². The van der Waals surface area contributed by atoms with Crippen molar-refractivity contribution in [3.8, 4) is 0 Å². The zero-order chi connectivity index (χ0) is 14.6. The van der Waals surface area contributed by atoms with Crippen LogP contribution >= 0.6 is 11.6 Å². The lowest BCUT2D eigenvalue weighted by Crippen LogP contribution is -2.27. The first-order valence-corrected chi connectivity index (χ1v) is 8.95. The van der Waals surface area contributed by atoms with Gasteiger partial charge in [-0.3, -0.25) is 0 Å². The Labute approximate surface area is 126 Å². The molecule has 20 heavy (non-hydrogen) atoms. The molecule has 1 aromatic heterocycles. The van der Waals surface area contributed by atoms with Crippen molar-refractivity contribution in [1.82, 2.24) is 9.71 Å². The lowest BCUT2D eigenvalue weighted by molar-refractivity contribution is 0.278. The summed E-state index contributed by atoms with van der Waals surface area (Å²) < 4.78 is 26.7. The highest BCUT2D eigenvalue weighted by Gasteiger charge is 2.19. The van der Waals surface area contributed by atoms with Crippen molar-refractivity contribution in [2.45, 2.75) is 43.9 Å². The first-order chi connectivity index (χ1) is 9.47. The van der Waals surface area contributed by atoms with E-state index in [1.54, 1.807) is 0 Å². The Morgan fingerprint density at radius 3 is 2.60 bits per heavy atom. The van der Waals surface area contributed by atoms with Crippen molar-refractivity contribution in [2.75, 3.05) is 6.54 Å². The number of sulfonamides is 1. The molecule has 0 unspecified atom stereocenters. The molecule has 0 aromatic carbocycles. The highest BCUT2D eigenvalue weighted by Crippen LogP contribution is 2.30. The smallest absolute Gasteiger partial charge is 0.242 e. The van der Waals surface area contributed by atoms with Crippen molar-refractivity contribution in [2.24, 2.45) is 11.8 Å². The lowest BCUT2D eigenvalue weighted by Gasteiger charge is -2.26. The monoisotopic (exact) mass is 316 g/mol. The van der Waals surface area contributed by atoms with E-state index in [9.17, 15) is 8.42 Å². The Kier molecular flexibility index (Phi) is 5.41. The maximum absolute atomic E-state index is 12.0. The number of rotatable bonds is 5. The average Bonchev–Trinajstić information content (AvgIpc) is 2.41. The average molecular weight is 317 g/mol. The maximum atomic E-state index is 12.0. The van der Waals surface area contributed by atoms with Gasteiger partial charge in [0, 0.05) is 12.7 Å². The second kappa shape index (κ2) is 6.87. The number of pyridine rings is 1. The fourth-order valence-electron chi connectivity index (χ4n) is 2.62. The molecule has 1 aromatic rings. The van der Waals surface area contributed by atoms with Crippen LogP contribution in [-0.4, -0.2) is 19.9 Å². The molecular weight excluding hydrogens is 296 g/mol. The molecule has 1 aliphatic rings. The molecule has 0 aliphatic heterocycles. The maximum Gasteiger partial charge on any atom is 0.242 e. The van der Waals surface area contributed by atoms with Crippen LogP contribution in [0.5, 0.6) is 0 Å². The number of hydrogen-bond donors (Lipinski definition) is 1. The molecule has 4 nitrogen and oxygen atoms in total. The molecule has 0 saturated heterocycles. The quantitative estimate of drug-likeness (QED) is 0.848. The second-order valence-corrected chi connectivity index (χ2v) is 7.78. The Morgan fingerprint density at radius 1 is 1.30 bits per heavy atom. The predicted octanol–water partition coefficient (Wildman–Crippen LogP) is 3.23. The van der Waals surface area contributed by atoms with Gasteiger partial charge in [0.15, 0.2) is 0 Å². The van der Waals surface area contributed by atoms with E-state index in [1.807, 2.05) is 0 Å². The molecule has 2 rings (SSSR count). The van der Waals surface area contributed by atoms with E-state index in [-0.39, 0.29) is 4.90 Å². The van der Waals surface area contributed by atoms with Crippen LogP contribution in [0.4, 0.5) is 0 Å². The summed E-state index contributed by atoms with van der Waals surface area (Å²) in [5.74, 6) is 1.47. The van der Waals surface area contributed by atoms with Crippen LogP contribution in [0.15, 0.2) is 23.2 Å². The van der Waals surface area contributed by atoms with E-state index >= 15 is 0 Å². The minimum Gasteiger partial charge on any atom is -0.243 e. The third-order valence-electron chi connectivity index (χ3n) is 3.99. The molecule has 0 atom stereocenters. The number of hydrogen-bond acceptors (Lipinski definition) is 3. The number of halogens is 1. The van der Waals surface area contributed by atoms with Crippen molar-refractivity contribution in [1.29, 1.82) is 0 Å². The molecule has 0 radical (unpaired) electrons. The van der Waals surface area contributed by atoms with Crippen LogP contribution in [0.3, 0.4) is 0 Å². The summed E-state index contributed by atoms with van der Waals surface area (Å²) in [4.78, 5) is 3.96. The second-order valence-electron chi connectivity index (χ2n) is 5.63. The fraction of sp³-hybridized carbons (Fsp3) is 0.643. The van der Waals surface area contributed by atoms with E-state index in [2.05, 4.69) is 16.6 Å². The Hall–Kier alpha value is -0.650. The number of aromatic nitrogens is 1. The van der Waals surface area contributed by atoms with E-state index in [4.69, 9.17) is 11.6 Å². The highest BCUT2D eigenvalue weighted by molar-refractivity contribution is 7.89. The zero-order valence-corrected chi connectivity index (χ0v) is 13.3. The van der Waals surface area contributed by atoms with Gasteiger partial charge in [-0.05, 0) is 30.4 Å². The van der Waals surface area contributed by atoms with E-state index in [1.165, 1.54) is 44.0 Å². The van der Waals surface area contributed by atoms with Crippen LogP contribution in [0, 0.1) is 11.8 Å². The molecule has 0 amide bonds. The van der Waals surface area contributed by atoms with Gasteiger partial charge in [0.1, 0.15) is 10.0 Å². The molecule has 1 saturated carbocycles. The standard InChI is InChI=1S/C14H21ClN2O2S/c1-11-2-4-12(5-3-11)8-9-17-20(18,19)13-6-7-14(15)16-10-13/h6-7,10-12,17H,2-5,8-9H2,1H3. The topological polar surface area (TPSA) is 59.1 Å². The molecule has 0 bridgehead atoms. The molecule has 1 heterocycles. The van der Waals surface area contributed by atoms with Gasteiger partial charge in [0.2, 0.25) is 10.0 Å². The largest absolute Gasteiger partial charge is 0.243 e. The third kappa shape index (κ3) is 4.43. The van der Waals surface area contributed by atoms with Crippen LogP contribution < -0.4 is 4.72 Å². The van der Waals surface area contributed by atoms with Crippen LogP contribution in [0.25, 0.3) is 0 Å². The summed E-state index contributed by atoms with van der Waals surface area (Å²) in [6.07, 6.45) is 7.15. The van der Waals surface area contributed by atoms with Crippen LogP contribution in [-0.2, 0) is 10.0 Å². The first-order valence-electron chi connectivity index (χ1n) is 7.08. The van der Waals surface area contributed by atoms with Crippen LogP contribution in [0.1, 0.15) is 39.0 Å². The van der Waals surface area contributed by atoms with Gasteiger partial charge in [-0.1, -0.05) is 44.2 Å². The normalized spacial score (nSPS) is 23.7. The molecule has 0 spiro atoms. The molecular formula is C14H21ClN2O2S. The van der Waals surface area contributed by atoms with Gasteiger partial charge >= 0.3 is 0 Å². The summed E-state index contributed by atoms with van der Waals surface area (Å²) in [5.41, 5.74) is 0. The van der Waals surface area contributed by atoms with Gasteiger partial charge < -0.3 is 0 Å². The SMILES string of the molecule is CC1CCC(CCNS(=O)(=O)c2ccc(Cl)nc2)CC1. The zero-order valence-electron chi connectivity index (χ0n) is 11.7. The minimum absolute atomic E-state index is 0.166. The van der Waals surface area contributed by atoms with E-state index in [0.717, 1.165) is 12.3 Å². The molecule has 112 valence electrons. The van der Waals surface area contributed by atoms with Crippen molar-refractivity contribution in [3.05, 3.63) is 23.5 Å². The molecule has 6 heteroatoms. The number of nitrogens with zero attached hydrogens (tertiary/aromatic N) is 1. The third-order valence-corrected chi connectivity index (χ3v) is 5.66. The summed E-state index contributed by atoms with van der Waals surface area (Å²) in [7, 11) is -3.46. The molecule has 1 fully saturated rings. The Balaban J connectivity index is 1.82. The lowest BCUT2D eigenvalue weighted by atomic mass is 9.81. The van der Waals surface area contributed by atoms with Gasteiger partial charge in [0.05, 0.1) is 0 Å². The Morgan fingerprint density at radius 2 is 2.00 bits per heavy atom. The van der Waals surface area contributed by atoms with Gasteiger partial charge in [0.25, 0.3) is 0 Å². The van der Waals surface area contributed by atoms with Gasteiger partial charge in [-0.15, -0.1) is 0 Å². The van der Waals surface area contributed by atoms with Gasteiger partial charge in [-0.25, -0.2) is 18.1 Å². The van der Waals surface area contributed by atoms with Crippen LogP contribution in [0.2, 0.25) is 5.15 Å². The minimum atomic E-state index is -3.46. The molecule has 1 N–H and O–H groups in total. The highest BCUT2D eigenvalue weighted by atomic mass is 35.5. The summed E-state index contributed by atoms with van der Waals surface area (Å²) >= 11 is 5.65. The molecule has 1 aliphatic carbocycles. The summed E-state index contributed by atoms with van der Waals surface area (Å²) in [5, 5.41) is 0.292. The van der Waals surface area contributed by atoms with Crippen molar-refractivity contribution in [3.63, 3.8) is 0 Å².